The molecule has 0 unspecified atom stereocenters. The molecular formula is C15H13N3O4. The quantitative estimate of drug-likeness (QED) is 0.846. The molecule has 1 N–H and O–H groups in total. The fraction of sp³-hybridized carbons (Fsp3) is 0.200. The number of nitrogens with one attached hydrogen (secondary N) is 1. The first kappa shape index (κ1) is 14.0. The second-order valence-corrected chi connectivity index (χ2v) is 4.94. The molecule has 0 spiro atoms. The van der Waals surface area contributed by atoms with Crippen LogP contribution in [0.25, 0.3) is 0 Å². The van der Waals surface area contributed by atoms with Crippen molar-refractivity contribution < 1.29 is 9.59 Å². The molecule has 7 nitrogen and oxygen atoms in total. The Morgan fingerprint density at radius 3 is 2.14 bits per heavy atom. The highest BCUT2D eigenvalue weighted by Gasteiger charge is 2.38. The zero-order chi connectivity index (χ0) is 15.9. The van der Waals surface area contributed by atoms with Crippen LogP contribution in [0, 0.1) is 0 Å². The molecule has 0 radical (unpaired) electrons. The fourth-order valence-corrected chi connectivity index (χ4v) is 2.53. The Hall–Kier alpha value is -2.96. The zero-order valence-corrected chi connectivity index (χ0v) is 11.8. The van der Waals surface area contributed by atoms with Gasteiger partial charge in [0.1, 0.15) is 5.82 Å². The normalized spacial score (nSPS) is 13.6. The SMILES string of the molecule is CCCn1c(N2C(=O)c3ccccc3C2=O)cc(=O)[nH]c1=O. The van der Waals surface area contributed by atoms with Crippen LogP contribution >= 0.6 is 0 Å². The van der Waals surface area contributed by atoms with E-state index in [1.54, 1.807) is 24.3 Å². The molecule has 0 atom stereocenters. The van der Waals surface area contributed by atoms with Crippen LogP contribution in [0.2, 0.25) is 0 Å². The van der Waals surface area contributed by atoms with Gasteiger partial charge < -0.3 is 0 Å². The number of rotatable bonds is 3. The molecule has 0 aliphatic carbocycles. The summed E-state index contributed by atoms with van der Waals surface area (Å²) in [5.74, 6) is -1.06. The maximum atomic E-state index is 12.5. The van der Waals surface area contributed by atoms with Crippen molar-refractivity contribution in [2.24, 2.45) is 0 Å². The number of imide groups is 1. The van der Waals surface area contributed by atoms with Crippen molar-refractivity contribution in [3.05, 3.63) is 62.3 Å². The number of hydrogen-bond acceptors (Lipinski definition) is 4. The van der Waals surface area contributed by atoms with Crippen molar-refractivity contribution in [3.63, 3.8) is 0 Å². The van der Waals surface area contributed by atoms with Crippen LogP contribution in [-0.2, 0) is 6.54 Å². The third-order valence-electron chi connectivity index (χ3n) is 3.48. The molecule has 1 aliphatic heterocycles. The molecule has 1 aromatic heterocycles. The smallest absolute Gasteiger partial charge is 0.279 e. The van der Waals surface area contributed by atoms with Gasteiger partial charge in [0, 0.05) is 12.6 Å². The van der Waals surface area contributed by atoms with Crippen LogP contribution in [0.5, 0.6) is 0 Å². The van der Waals surface area contributed by atoms with Crippen molar-refractivity contribution >= 4 is 17.6 Å². The van der Waals surface area contributed by atoms with Gasteiger partial charge in [-0.05, 0) is 18.6 Å². The van der Waals surface area contributed by atoms with Gasteiger partial charge in [-0.2, -0.15) is 0 Å². The van der Waals surface area contributed by atoms with Crippen molar-refractivity contribution in [1.29, 1.82) is 0 Å². The highest BCUT2D eigenvalue weighted by molar-refractivity contribution is 6.34. The summed E-state index contributed by atoms with van der Waals surface area (Å²) in [5.41, 5.74) is -0.753. The van der Waals surface area contributed by atoms with Crippen LogP contribution in [0.15, 0.2) is 39.9 Å². The first-order chi connectivity index (χ1) is 10.5. The number of hydrogen-bond donors (Lipinski definition) is 1. The summed E-state index contributed by atoms with van der Waals surface area (Å²) in [4.78, 5) is 51.5. The molecule has 1 aliphatic rings. The standard InChI is InChI=1S/C15H13N3O4/c1-2-7-17-12(8-11(19)16-15(17)22)18-13(20)9-5-3-4-6-10(9)14(18)21/h3-6,8H,2,7H2,1H3,(H,16,19,22). The number of aromatic amines is 1. The predicted molar refractivity (Wildman–Crippen MR) is 79.2 cm³/mol. The van der Waals surface area contributed by atoms with Gasteiger partial charge in [-0.1, -0.05) is 19.1 Å². The highest BCUT2D eigenvalue weighted by Crippen LogP contribution is 2.26. The van der Waals surface area contributed by atoms with Gasteiger partial charge in [-0.25, -0.2) is 9.69 Å². The summed E-state index contributed by atoms with van der Waals surface area (Å²) in [6.07, 6.45) is 0.613. The van der Waals surface area contributed by atoms with Gasteiger partial charge in [-0.15, -0.1) is 0 Å². The number of nitrogens with zero attached hydrogens (tertiary/aromatic N) is 2. The summed E-state index contributed by atoms with van der Waals surface area (Å²) in [7, 11) is 0. The van der Waals surface area contributed by atoms with E-state index in [1.807, 2.05) is 6.92 Å². The van der Waals surface area contributed by atoms with E-state index in [1.165, 1.54) is 4.57 Å². The maximum absolute atomic E-state index is 12.5. The Labute approximate surface area is 124 Å². The molecule has 0 fully saturated rings. The highest BCUT2D eigenvalue weighted by atomic mass is 16.2. The van der Waals surface area contributed by atoms with Gasteiger partial charge in [0.05, 0.1) is 11.1 Å². The Kier molecular flexibility index (Phi) is 3.25. The van der Waals surface area contributed by atoms with Crippen molar-refractivity contribution in [3.8, 4) is 0 Å². The van der Waals surface area contributed by atoms with E-state index >= 15 is 0 Å². The number of amides is 2. The van der Waals surface area contributed by atoms with Crippen LogP contribution in [0.1, 0.15) is 34.1 Å². The average Bonchev–Trinajstić information content (AvgIpc) is 2.74. The van der Waals surface area contributed by atoms with Crippen molar-refractivity contribution in [2.45, 2.75) is 19.9 Å². The lowest BCUT2D eigenvalue weighted by atomic mass is 10.1. The molecule has 0 saturated carbocycles. The number of anilines is 1. The zero-order valence-electron chi connectivity index (χ0n) is 11.8. The van der Waals surface area contributed by atoms with Gasteiger partial charge in [0.25, 0.3) is 17.4 Å². The molecule has 0 saturated heterocycles. The summed E-state index contributed by atoms with van der Waals surface area (Å²) < 4.78 is 1.23. The number of fused-ring (bicyclic) bond motifs is 1. The molecular weight excluding hydrogens is 286 g/mol. The summed E-state index contributed by atoms with van der Waals surface area (Å²) in [5, 5.41) is 0. The van der Waals surface area contributed by atoms with E-state index in [9.17, 15) is 19.2 Å². The predicted octanol–water partition coefficient (Wildman–Crippen LogP) is 0.747. The molecule has 2 aromatic rings. The largest absolute Gasteiger partial charge is 0.329 e. The van der Waals surface area contributed by atoms with E-state index in [2.05, 4.69) is 4.98 Å². The fourth-order valence-electron chi connectivity index (χ4n) is 2.53. The van der Waals surface area contributed by atoms with E-state index in [0.29, 0.717) is 13.0 Å². The molecule has 0 bridgehead atoms. The van der Waals surface area contributed by atoms with Crippen LogP contribution < -0.4 is 16.1 Å². The Morgan fingerprint density at radius 1 is 1.00 bits per heavy atom. The topological polar surface area (TPSA) is 92.2 Å². The van der Waals surface area contributed by atoms with Gasteiger partial charge >= 0.3 is 5.69 Å². The van der Waals surface area contributed by atoms with Crippen molar-refractivity contribution in [2.75, 3.05) is 4.90 Å². The second kappa shape index (κ2) is 5.10. The van der Waals surface area contributed by atoms with Gasteiger partial charge in [0.15, 0.2) is 0 Å². The maximum Gasteiger partial charge on any atom is 0.329 e. The Balaban J connectivity index is 2.22. The van der Waals surface area contributed by atoms with Crippen LogP contribution in [0.3, 0.4) is 0 Å². The summed E-state index contributed by atoms with van der Waals surface area (Å²) >= 11 is 0. The lowest BCUT2D eigenvalue weighted by molar-refractivity contribution is 0.0923. The lowest BCUT2D eigenvalue weighted by Crippen LogP contribution is -2.39. The first-order valence-corrected chi connectivity index (χ1v) is 6.86. The Morgan fingerprint density at radius 2 is 1.59 bits per heavy atom. The van der Waals surface area contributed by atoms with E-state index in [0.717, 1.165) is 11.0 Å². The van der Waals surface area contributed by atoms with Crippen molar-refractivity contribution in [1.82, 2.24) is 9.55 Å². The molecule has 3 rings (SSSR count). The number of H-pyrrole nitrogens is 1. The Bertz CT molecular complexity index is 859. The molecule has 2 amide bonds. The second-order valence-electron chi connectivity index (χ2n) is 4.94. The third-order valence-corrected chi connectivity index (χ3v) is 3.48. The number of carbonyl (C=O) groups is 2. The summed E-state index contributed by atoms with van der Waals surface area (Å²) in [6, 6.07) is 7.50. The third kappa shape index (κ3) is 1.98. The molecule has 112 valence electrons. The molecule has 22 heavy (non-hydrogen) atoms. The van der Waals surface area contributed by atoms with E-state index in [-0.39, 0.29) is 16.9 Å². The lowest BCUT2D eigenvalue weighted by Gasteiger charge is -2.18. The van der Waals surface area contributed by atoms with Gasteiger partial charge in [-0.3, -0.25) is 23.9 Å². The average molecular weight is 299 g/mol. The first-order valence-electron chi connectivity index (χ1n) is 6.86. The molecule has 7 heteroatoms. The van der Waals surface area contributed by atoms with Crippen LogP contribution in [0.4, 0.5) is 5.82 Å². The minimum atomic E-state index is -0.649. The van der Waals surface area contributed by atoms with E-state index < -0.39 is 23.1 Å². The summed E-state index contributed by atoms with van der Waals surface area (Å²) in [6.45, 7) is 2.14. The molecule has 1 aromatic carbocycles. The monoisotopic (exact) mass is 299 g/mol. The van der Waals surface area contributed by atoms with Crippen LogP contribution in [-0.4, -0.2) is 21.4 Å². The van der Waals surface area contributed by atoms with Gasteiger partial charge in [0.2, 0.25) is 0 Å². The van der Waals surface area contributed by atoms with E-state index in [4.69, 9.17) is 0 Å². The molecule has 2 heterocycles. The number of aromatic nitrogens is 2. The minimum Gasteiger partial charge on any atom is -0.279 e. The number of carbonyl (C=O) groups excluding carboxylic acids is 2. The number of benzene rings is 1. The minimum absolute atomic E-state index is 0.00167.